The number of nitrogens with zero attached hydrogens (tertiary/aromatic N) is 1. The normalized spacial score (nSPS) is 21.1. The molecule has 0 saturated carbocycles. The van der Waals surface area contributed by atoms with E-state index in [0.29, 0.717) is 19.7 Å². The smallest absolute Gasteiger partial charge is 0.324 e. The molecule has 1 atom stereocenters. The first-order valence-electron chi connectivity index (χ1n) is 5.82. The molecule has 1 N–H and O–H groups in total. The first kappa shape index (κ1) is 13.0. The molecule has 0 aromatic heterocycles. The molecule has 3 amide bonds. The van der Waals surface area contributed by atoms with Gasteiger partial charge in [0, 0.05) is 26.3 Å². The molecule has 16 heavy (non-hydrogen) atoms. The molecular weight excluding hydrogens is 208 g/mol. The van der Waals surface area contributed by atoms with Crippen LogP contribution in [-0.2, 0) is 9.53 Å². The fourth-order valence-corrected chi connectivity index (χ4v) is 1.60. The summed E-state index contributed by atoms with van der Waals surface area (Å²) < 4.78 is 5.33. The van der Waals surface area contributed by atoms with Crippen LogP contribution in [0.25, 0.3) is 0 Å². The van der Waals surface area contributed by atoms with E-state index in [2.05, 4.69) is 12.2 Å². The lowest BCUT2D eigenvalue weighted by Crippen LogP contribution is -2.53. The maximum atomic E-state index is 11.4. The van der Waals surface area contributed by atoms with Gasteiger partial charge in [0.2, 0.25) is 5.91 Å². The van der Waals surface area contributed by atoms with E-state index in [1.54, 1.807) is 4.90 Å². The Kier molecular flexibility index (Phi) is 5.25. The van der Waals surface area contributed by atoms with Gasteiger partial charge in [-0.05, 0) is 12.8 Å². The molecule has 0 aliphatic carbocycles. The minimum Gasteiger partial charge on any atom is -0.381 e. The molecular formula is C11H20N2O3. The van der Waals surface area contributed by atoms with Crippen molar-refractivity contribution < 1.29 is 14.3 Å². The third kappa shape index (κ3) is 3.81. The van der Waals surface area contributed by atoms with Crippen LogP contribution in [0.15, 0.2) is 0 Å². The van der Waals surface area contributed by atoms with E-state index in [-0.39, 0.29) is 17.9 Å². The third-order valence-electron chi connectivity index (χ3n) is 2.52. The molecule has 5 nitrogen and oxygen atoms in total. The number of ether oxygens (including phenoxy) is 1. The van der Waals surface area contributed by atoms with Crippen LogP contribution in [-0.4, -0.2) is 43.1 Å². The Morgan fingerprint density at radius 3 is 2.88 bits per heavy atom. The number of amides is 3. The maximum absolute atomic E-state index is 11.4. The molecule has 1 saturated heterocycles. The second-order valence-electron chi connectivity index (χ2n) is 4.11. The Morgan fingerprint density at radius 1 is 1.44 bits per heavy atom. The van der Waals surface area contributed by atoms with Crippen LogP contribution in [0.3, 0.4) is 0 Å². The van der Waals surface area contributed by atoms with Crippen LogP contribution in [0, 0.1) is 5.92 Å². The van der Waals surface area contributed by atoms with E-state index >= 15 is 0 Å². The van der Waals surface area contributed by atoms with Crippen molar-refractivity contribution in [3.63, 3.8) is 0 Å². The third-order valence-corrected chi connectivity index (χ3v) is 2.52. The van der Waals surface area contributed by atoms with Crippen LogP contribution in [0.1, 0.15) is 26.7 Å². The average Bonchev–Trinajstić information content (AvgIpc) is 2.25. The number of rotatable bonds is 6. The van der Waals surface area contributed by atoms with E-state index in [4.69, 9.17) is 4.74 Å². The fourth-order valence-electron chi connectivity index (χ4n) is 1.60. The van der Waals surface area contributed by atoms with Crippen LogP contribution in [0.5, 0.6) is 0 Å². The summed E-state index contributed by atoms with van der Waals surface area (Å²) >= 11 is 0. The van der Waals surface area contributed by atoms with Crippen LogP contribution < -0.4 is 5.32 Å². The highest BCUT2D eigenvalue weighted by Crippen LogP contribution is 2.07. The predicted molar refractivity (Wildman–Crippen MR) is 60.0 cm³/mol. The predicted octanol–water partition coefficient (Wildman–Crippen LogP) is 0.991. The van der Waals surface area contributed by atoms with Crippen molar-refractivity contribution in [1.29, 1.82) is 0 Å². The molecule has 1 fully saturated rings. The molecule has 0 aromatic rings. The quantitative estimate of drug-likeness (QED) is 0.690. The lowest BCUT2D eigenvalue weighted by molar-refractivity contribution is -0.125. The second kappa shape index (κ2) is 6.48. The minimum absolute atomic E-state index is 0.116. The number of urea groups is 1. The molecule has 1 rings (SSSR count). The molecule has 1 aliphatic heterocycles. The van der Waals surface area contributed by atoms with E-state index in [0.717, 1.165) is 19.4 Å². The van der Waals surface area contributed by atoms with Gasteiger partial charge < -0.3 is 9.64 Å². The van der Waals surface area contributed by atoms with Crippen molar-refractivity contribution >= 4 is 11.9 Å². The van der Waals surface area contributed by atoms with Gasteiger partial charge in [-0.1, -0.05) is 13.8 Å². The Labute approximate surface area is 96.1 Å². The molecule has 5 heteroatoms. The zero-order valence-corrected chi connectivity index (χ0v) is 9.99. The van der Waals surface area contributed by atoms with Gasteiger partial charge in [0.1, 0.15) is 0 Å². The summed E-state index contributed by atoms with van der Waals surface area (Å²) in [5.41, 5.74) is 0. The van der Waals surface area contributed by atoms with E-state index in [9.17, 15) is 9.59 Å². The minimum atomic E-state index is -0.279. The van der Waals surface area contributed by atoms with E-state index < -0.39 is 0 Å². The zero-order chi connectivity index (χ0) is 12.0. The number of hydrogen-bond donors (Lipinski definition) is 1. The SMILES string of the molecule is CCCOCCCN1CC(C)C(=O)NC1=O. The molecule has 92 valence electrons. The van der Waals surface area contributed by atoms with Crippen molar-refractivity contribution in [3.8, 4) is 0 Å². The summed E-state index contributed by atoms with van der Waals surface area (Å²) in [6, 6.07) is -0.279. The van der Waals surface area contributed by atoms with Gasteiger partial charge >= 0.3 is 6.03 Å². The van der Waals surface area contributed by atoms with Crippen molar-refractivity contribution in [2.24, 2.45) is 5.92 Å². The van der Waals surface area contributed by atoms with Crippen LogP contribution >= 0.6 is 0 Å². The Balaban J connectivity index is 2.21. The summed E-state index contributed by atoms with van der Waals surface area (Å²) in [5, 5.41) is 2.34. The summed E-state index contributed by atoms with van der Waals surface area (Å²) in [4.78, 5) is 24.3. The van der Waals surface area contributed by atoms with Crippen LogP contribution in [0.2, 0.25) is 0 Å². The van der Waals surface area contributed by atoms with Crippen molar-refractivity contribution in [1.82, 2.24) is 10.2 Å². The first-order chi connectivity index (χ1) is 7.65. The van der Waals surface area contributed by atoms with Crippen molar-refractivity contribution in [3.05, 3.63) is 0 Å². The molecule has 0 spiro atoms. The molecule has 1 aliphatic rings. The number of hydrogen-bond acceptors (Lipinski definition) is 3. The Hall–Kier alpha value is -1.10. The molecule has 0 bridgehead atoms. The Bertz CT molecular complexity index is 256. The van der Waals surface area contributed by atoms with Crippen molar-refractivity contribution in [2.45, 2.75) is 26.7 Å². The fraction of sp³-hybridized carbons (Fsp3) is 0.818. The van der Waals surface area contributed by atoms with Gasteiger partial charge in [-0.3, -0.25) is 10.1 Å². The standard InChI is InChI=1S/C11H20N2O3/c1-3-6-16-7-4-5-13-8-9(2)10(14)12-11(13)15/h9H,3-8H2,1-2H3,(H,12,14,15). The highest BCUT2D eigenvalue weighted by Gasteiger charge is 2.28. The lowest BCUT2D eigenvalue weighted by atomic mass is 10.1. The van der Waals surface area contributed by atoms with Gasteiger partial charge in [0.25, 0.3) is 0 Å². The highest BCUT2D eigenvalue weighted by atomic mass is 16.5. The second-order valence-corrected chi connectivity index (χ2v) is 4.11. The maximum Gasteiger partial charge on any atom is 0.324 e. The zero-order valence-electron chi connectivity index (χ0n) is 9.99. The summed E-state index contributed by atoms with van der Waals surface area (Å²) in [6.45, 7) is 6.47. The summed E-state index contributed by atoms with van der Waals surface area (Å²) in [6.07, 6.45) is 1.82. The topological polar surface area (TPSA) is 58.6 Å². The highest BCUT2D eigenvalue weighted by molar-refractivity contribution is 5.97. The van der Waals surface area contributed by atoms with Gasteiger partial charge in [0.05, 0.1) is 5.92 Å². The molecule has 0 aromatic carbocycles. The monoisotopic (exact) mass is 228 g/mol. The van der Waals surface area contributed by atoms with E-state index in [1.807, 2.05) is 6.92 Å². The molecule has 0 radical (unpaired) electrons. The Morgan fingerprint density at radius 2 is 2.19 bits per heavy atom. The summed E-state index contributed by atoms with van der Waals surface area (Å²) in [5.74, 6) is -0.294. The average molecular weight is 228 g/mol. The number of imide groups is 1. The first-order valence-corrected chi connectivity index (χ1v) is 5.82. The molecule has 1 unspecified atom stereocenters. The van der Waals surface area contributed by atoms with Gasteiger partial charge in [-0.15, -0.1) is 0 Å². The van der Waals surface area contributed by atoms with Gasteiger partial charge in [-0.25, -0.2) is 4.79 Å². The van der Waals surface area contributed by atoms with Gasteiger partial charge in [0.15, 0.2) is 0 Å². The lowest BCUT2D eigenvalue weighted by Gasteiger charge is -2.30. The molecule has 1 heterocycles. The van der Waals surface area contributed by atoms with E-state index in [1.165, 1.54) is 0 Å². The summed E-state index contributed by atoms with van der Waals surface area (Å²) in [7, 11) is 0. The number of carbonyl (C=O) groups is 2. The van der Waals surface area contributed by atoms with Gasteiger partial charge in [-0.2, -0.15) is 0 Å². The largest absolute Gasteiger partial charge is 0.381 e. The number of carbonyl (C=O) groups excluding carboxylic acids is 2. The van der Waals surface area contributed by atoms with Crippen molar-refractivity contribution in [2.75, 3.05) is 26.3 Å². The number of nitrogens with one attached hydrogen (secondary N) is 1. The van der Waals surface area contributed by atoms with Crippen LogP contribution in [0.4, 0.5) is 4.79 Å².